The van der Waals surface area contributed by atoms with Gasteiger partial charge in [-0.1, -0.05) is 6.42 Å². The van der Waals surface area contributed by atoms with Crippen molar-refractivity contribution < 1.29 is 8.78 Å². The third kappa shape index (κ3) is 3.24. The Balaban J connectivity index is 2.00. The first-order valence-electron chi connectivity index (χ1n) is 5.79. The van der Waals surface area contributed by atoms with E-state index in [4.69, 9.17) is 0 Å². The molecule has 1 fully saturated rings. The fourth-order valence-corrected chi connectivity index (χ4v) is 2.35. The van der Waals surface area contributed by atoms with Gasteiger partial charge in [-0.15, -0.1) is 0 Å². The zero-order valence-corrected chi connectivity index (χ0v) is 11.1. The molecular weight excluding hydrogens is 290 g/mol. The Labute approximate surface area is 108 Å². The minimum absolute atomic E-state index is 0.0879. The van der Waals surface area contributed by atoms with Gasteiger partial charge in [0, 0.05) is 25.2 Å². The van der Waals surface area contributed by atoms with Crippen molar-refractivity contribution in [2.24, 2.45) is 0 Å². The van der Waals surface area contributed by atoms with E-state index in [1.54, 1.807) is 0 Å². The second kappa shape index (κ2) is 5.89. The molecule has 1 aromatic rings. The van der Waals surface area contributed by atoms with Gasteiger partial charge in [0.1, 0.15) is 11.6 Å². The highest BCUT2D eigenvalue weighted by Gasteiger charge is 2.14. The zero-order valence-electron chi connectivity index (χ0n) is 9.48. The molecule has 94 valence electrons. The number of nitrogens with one attached hydrogen (secondary N) is 1. The van der Waals surface area contributed by atoms with E-state index in [9.17, 15) is 8.78 Å². The molecule has 5 heteroatoms. The van der Waals surface area contributed by atoms with Crippen LogP contribution in [-0.2, 0) is 6.54 Å². The Morgan fingerprint density at radius 2 is 1.88 bits per heavy atom. The maximum atomic E-state index is 13.7. The average Bonchev–Trinajstić information content (AvgIpc) is 2.35. The molecule has 0 spiro atoms. The van der Waals surface area contributed by atoms with E-state index in [2.05, 4.69) is 21.4 Å². The fourth-order valence-electron chi connectivity index (χ4n) is 1.97. The summed E-state index contributed by atoms with van der Waals surface area (Å²) in [5, 5.41) is 2.03. The number of hydrogen-bond acceptors (Lipinski definition) is 2. The smallest absolute Gasteiger partial charge is 0.144 e. The van der Waals surface area contributed by atoms with E-state index in [0.717, 1.165) is 25.9 Å². The number of rotatable bonds is 3. The van der Waals surface area contributed by atoms with Crippen molar-refractivity contribution in [1.82, 2.24) is 10.4 Å². The van der Waals surface area contributed by atoms with Crippen molar-refractivity contribution in [2.45, 2.75) is 25.8 Å². The number of halogens is 3. The monoisotopic (exact) mass is 304 g/mol. The van der Waals surface area contributed by atoms with E-state index in [1.807, 2.05) is 5.01 Å². The SMILES string of the molecule is Fc1ccc(Br)c(F)c1CNN1CCCCC1. The fraction of sp³-hybridized carbons (Fsp3) is 0.500. The van der Waals surface area contributed by atoms with Crippen LogP contribution in [0, 0.1) is 11.6 Å². The van der Waals surface area contributed by atoms with Gasteiger partial charge in [0.25, 0.3) is 0 Å². The van der Waals surface area contributed by atoms with Crippen molar-refractivity contribution in [3.05, 3.63) is 33.8 Å². The zero-order chi connectivity index (χ0) is 12.3. The van der Waals surface area contributed by atoms with Crippen LogP contribution in [-0.4, -0.2) is 18.1 Å². The van der Waals surface area contributed by atoms with Crippen molar-refractivity contribution in [3.8, 4) is 0 Å². The van der Waals surface area contributed by atoms with Crippen molar-refractivity contribution >= 4 is 15.9 Å². The normalized spacial score (nSPS) is 17.4. The molecule has 1 aliphatic heterocycles. The minimum Gasteiger partial charge on any atom is -0.251 e. The molecule has 2 nitrogen and oxygen atoms in total. The number of piperidine rings is 1. The first kappa shape index (κ1) is 12.9. The quantitative estimate of drug-likeness (QED) is 0.863. The van der Waals surface area contributed by atoms with Crippen LogP contribution >= 0.6 is 15.9 Å². The molecule has 1 N–H and O–H groups in total. The maximum absolute atomic E-state index is 13.7. The van der Waals surface area contributed by atoms with E-state index in [-0.39, 0.29) is 12.1 Å². The standard InChI is InChI=1S/C12H15BrF2N2/c13-10-4-5-11(14)9(12(10)15)8-16-17-6-2-1-3-7-17/h4-5,16H,1-3,6-8H2. The van der Waals surface area contributed by atoms with Crippen LogP contribution in [0.2, 0.25) is 0 Å². The summed E-state index contributed by atoms with van der Waals surface area (Å²) in [7, 11) is 0. The summed E-state index contributed by atoms with van der Waals surface area (Å²) in [6, 6.07) is 2.66. The Kier molecular flexibility index (Phi) is 4.48. The summed E-state index contributed by atoms with van der Waals surface area (Å²) >= 11 is 3.06. The molecule has 0 amide bonds. The van der Waals surface area contributed by atoms with Crippen LogP contribution in [0.15, 0.2) is 16.6 Å². The molecule has 2 rings (SSSR count). The maximum Gasteiger partial charge on any atom is 0.144 e. The Hall–Kier alpha value is -0.520. The average molecular weight is 305 g/mol. The molecule has 1 aliphatic rings. The number of benzene rings is 1. The van der Waals surface area contributed by atoms with E-state index in [0.29, 0.717) is 4.47 Å². The molecule has 0 saturated carbocycles. The number of hydrogen-bond donors (Lipinski definition) is 1. The molecule has 1 saturated heterocycles. The molecule has 0 bridgehead atoms. The molecule has 0 unspecified atom stereocenters. The molecule has 0 aromatic heterocycles. The summed E-state index contributed by atoms with van der Waals surface area (Å²) in [5.74, 6) is -1.02. The second-order valence-corrected chi connectivity index (χ2v) is 5.06. The highest BCUT2D eigenvalue weighted by molar-refractivity contribution is 9.10. The van der Waals surface area contributed by atoms with Crippen molar-refractivity contribution in [3.63, 3.8) is 0 Å². The molecule has 1 aromatic carbocycles. The first-order valence-corrected chi connectivity index (χ1v) is 6.58. The third-order valence-electron chi connectivity index (χ3n) is 2.97. The molecule has 0 radical (unpaired) electrons. The summed E-state index contributed by atoms with van der Waals surface area (Å²) in [5.41, 5.74) is 3.17. The first-order chi connectivity index (χ1) is 8.18. The summed E-state index contributed by atoms with van der Waals surface area (Å²) in [6.45, 7) is 2.07. The lowest BCUT2D eigenvalue weighted by molar-refractivity contribution is 0.149. The van der Waals surface area contributed by atoms with Gasteiger partial charge in [0.2, 0.25) is 0 Å². The third-order valence-corrected chi connectivity index (χ3v) is 3.59. The van der Waals surface area contributed by atoms with Crippen LogP contribution in [0.1, 0.15) is 24.8 Å². The Morgan fingerprint density at radius 3 is 2.59 bits per heavy atom. The number of nitrogens with zero attached hydrogens (tertiary/aromatic N) is 1. The van der Waals surface area contributed by atoms with Crippen LogP contribution in [0.3, 0.4) is 0 Å². The van der Waals surface area contributed by atoms with Crippen LogP contribution in [0.5, 0.6) is 0 Å². The van der Waals surface area contributed by atoms with E-state index >= 15 is 0 Å². The molecule has 1 heterocycles. The lowest BCUT2D eigenvalue weighted by Crippen LogP contribution is -2.41. The van der Waals surface area contributed by atoms with Crippen molar-refractivity contribution in [1.29, 1.82) is 0 Å². The lowest BCUT2D eigenvalue weighted by atomic mass is 10.1. The molecule has 0 aliphatic carbocycles. The van der Waals surface area contributed by atoms with Gasteiger partial charge in [-0.25, -0.2) is 13.8 Å². The molecule has 17 heavy (non-hydrogen) atoms. The van der Waals surface area contributed by atoms with E-state index < -0.39 is 11.6 Å². The van der Waals surface area contributed by atoms with Gasteiger partial charge < -0.3 is 0 Å². The highest BCUT2D eigenvalue weighted by Crippen LogP contribution is 2.21. The minimum atomic E-state index is -0.519. The van der Waals surface area contributed by atoms with Crippen LogP contribution < -0.4 is 5.43 Å². The van der Waals surface area contributed by atoms with Gasteiger partial charge in [0.15, 0.2) is 0 Å². The topological polar surface area (TPSA) is 15.3 Å². The summed E-state index contributed by atoms with van der Waals surface area (Å²) < 4.78 is 27.4. The highest BCUT2D eigenvalue weighted by atomic mass is 79.9. The predicted octanol–water partition coefficient (Wildman–Crippen LogP) is 3.22. The predicted molar refractivity (Wildman–Crippen MR) is 66.3 cm³/mol. The Morgan fingerprint density at radius 1 is 1.18 bits per heavy atom. The van der Waals surface area contributed by atoms with Gasteiger partial charge in [0.05, 0.1) is 4.47 Å². The van der Waals surface area contributed by atoms with Crippen LogP contribution in [0.4, 0.5) is 8.78 Å². The molecular formula is C12H15BrF2N2. The van der Waals surface area contributed by atoms with Gasteiger partial charge >= 0.3 is 0 Å². The van der Waals surface area contributed by atoms with E-state index in [1.165, 1.54) is 18.6 Å². The summed E-state index contributed by atoms with van der Waals surface area (Å²) in [4.78, 5) is 0. The molecule has 0 atom stereocenters. The summed E-state index contributed by atoms with van der Waals surface area (Å²) in [6.07, 6.45) is 3.50. The van der Waals surface area contributed by atoms with Crippen molar-refractivity contribution in [2.75, 3.05) is 13.1 Å². The Bertz CT molecular complexity index is 392. The van der Waals surface area contributed by atoms with Crippen LogP contribution in [0.25, 0.3) is 0 Å². The second-order valence-electron chi connectivity index (χ2n) is 4.20. The number of hydrazine groups is 1. The largest absolute Gasteiger partial charge is 0.251 e. The van der Waals surface area contributed by atoms with Gasteiger partial charge in [-0.05, 0) is 40.9 Å². The lowest BCUT2D eigenvalue weighted by Gasteiger charge is -2.27. The van der Waals surface area contributed by atoms with Gasteiger partial charge in [-0.2, -0.15) is 0 Å². The van der Waals surface area contributed by atoms with Gasteiger partial charge in [-0.3, -0.25) is 5.43 Å².